The first kappa shape index (κ1) is 16.8. The highest BCUT2D eigenvalue weighted by molar-refractivity contribution is 7.71. The van der Waals surface area contributed by atoms with Crippen molar-refractivity contribution >= 4 is 18.2 Å². The third-order valence-electron chi connectivity index (χ3n) is 3.85. The number of carbonyl (C=O) groups is 1. The van der Waals surface area contributed by atoms with Crippen LogP contribution in [-0.4, -0.2) is 60.4 Å². The summed E-state index contributed by atoms with van der Waals surface area (Å²) in [5, 5.41) is 39.2. The molecule has 5 N–H and O–H groups in total. The minimum absolute atomic E-state index is 0.181. The molecule has 0 aliphatic carbocycles. The Bertz CT molecular complexity index is 697. The number of H-pyrrole nitrogens is 1. The molecule has 1 aromatic rings. The minimum atomic E-state index is -2.07. The van der Waals surface area contributed by atoms with Crippen molar-refractivity contribution < 1.29 is 30.0 Å². The molecule has 122 valence electrons. The van der Waals surface area contributed by atoms with Crippen LogP contribution >= 0.6 is 12.2 Å². The molecule has 1 aromatic heterocycles. The maximum Gasteiger partial charge on any atom is 0.308 e. The van der Waals surface area contributed by atoms with E-state index in [0.717, 1.165) is 10.6 Å². The van der Waals surface area contributed by atoms with E-state index in [1.807, 2.05) is 0 Å². The standard InChI is InChI=1S/C12H16N2O7S/c1-11(20)9(19)6(5-15)21-12(11,4-8(17)18)14-3-2-7(16)13-10(14)22/h2-3,6,9,15,19-20H,4-5H2,1H3,(H,17,18)(H,13,16,22)/t6-,9-,11-,12-/m1/s1. The number of carboxylic acid groups (broad SMARTS) is 1. The van der Waals surface area contributed by atoms with Crippen LogP contribution in [-0.2, 0) is 15.3 Å². The van der Waals surface area contributed by atoms with Gasteiger partial charge in [-0.15, -0.1) is 0 Å². The Hall–Kier alpha value is -1.59. The molecule has 1 aliphatic rings. The second-order valence-corrected chi connectivity index (χ2v) is 5.65. The fraction of sp³-hybridized carbons (Fsp3) is 0.583. The van der Waals surface area contributed by atoms with E-state index >= 15 is 0 Å². The largest absolute Gasteiger partial charge is 0.481 e. The monoisotopic (exact) mass is 332 g/mol. The van der Waals surface area contributed by atoms with Crippen LogP contribution in [0.4, 0.5) is 0 Å². The van der Waals surface area contributed by atoms with Crippen molar-refractivity contribution in [3.63, 3.8) is 0 Å². The quantitative estimate of drug-likeness (QED) is 0.421. The Morgan fingerprint density at radius 1 is 1.59 bits per heavy atom. The van der Waals surface area contributed by atoms with Gasteiger partial charge in [0.1, 0.15) is 17.8 Å². The van der Waals surface area contributed by atoms with E-state index in [2.05, 4.69) is 4.98 Å². The second-order valence-electron chi connectivity index (χ2n) is 5.27. The molecule has 0 amide bonds. The molecule has 10 heteroatoms. The normalized spacial score (nSPS) is 34.7. The van der Waals surface area contributed by atoms with Gasteiger partial charge in [0.2, 0.25) is 0 Å². The summed E-state index contributed by atoms with van der Waals surface area (Å²) in [7, 11) is 0. The van der Waals surface area contributed by atoms with Crippen LogP contribution in [0.15, 0.2) is 17.1 Å². The van der Waals surface area contributed by atoms with Gasteiger partial charge in [-0.25, -0.2) is 0 Å². The third kappa shape index (κ3) is 2.38. The predicted molar refractivity (Wildman–Crippen MR) is 74.7 cm³/mol. The number of hydrogen-bond donors (Lipinski definition) is 5. The van der Waals surface area contributed by atoms with Crippen LogP contribution in [0.1, 0.15) is 13.3 Å². The molecule has 22 heavy (non-hydrogen) atoms. The molecule has 0 spiro atoms. The number of aliphatic hydroxyl groups excluding tert-OH is 2. The number of aromatic nitrogens is 2. The first-order valence-electron chi connectivity index (χ1n) is 6.39. The molecule has 0 radical (unpaired) electrons. The van der Waals surface area contributed by atoms with E-state index < -0.39 is 48.1 Å². The summed E-state index contributed by atoms with van der Waals surface area (Å²) < 4.78 is 6.37. The Morgan fingerprint density at radius 2 is 2.23 bits per heavy atom. The molecule has 1 aliphatic heterocycles. The van der Waals surface area contributed by atoms with E-state index in [1.165, 1.54) is 13.1 Å². The lowest BCUT2D eigenvalue weighted by atomic mass is 9.85. The molecule has 9 nitrogen and oxygen atoms in total. The summed E-state index contributed by atoms with van der Waals surface area (Å²) >= 11 is 5.00. The summed E-state index contributed by atoms with van der Waals surface area (Å²) in [5.74, 6) is -1.32. The fourth-order valence-electron chi connectivity index (χ4n) is 2.68. The number of aliphatic hydroxyl groups is 3. The zero-order valence-corrected chi connectivity index (χ0v) is 12.4. The fourth-order valence-corrected chi connectivity index (χ4v) is 2.99. The Balaban J connectivity index is 2.71. The van der Waals surface area contributed by atoms with Gasteiger partial charge < -0.3 is 25.2 Å². The molecule has 1 saturated heterocycles. The lowest BCUT2D eigenvalue weighted by molar-refractivity contribution is -0.201. The van der Waals surface area contributed by atoms with Crippen molar-refractivity contribution in [3.8, 4) is 0 Å². The van der Waals surface area contributed by atoms with Gasteiger partial charge in [0.05, 0.1) is 13.0 Å². The van der Waals surface area contributed by atoms with Gasteiger partial charge in [-0.1, -0.05) is 0 Å². The minimum Gasteiger partial charge on any atom is -0.481 e. The average Bonchev–Trinajstić information content (AvgIpc) is 2.59. The second kappa shape index (κ2) is 5.56. The SMILES string of the molecule is C[C@@]1(O)[C@H](O)[C@@H](CO)O[C@@]1(CC(=O)O)n1ccc(=O)[nH]c1=S. The predicted octanol–water partition coefficient (Wildman–Crippen LogP) is -1.46. The van der Waals surface area contributed by atoms with Crippen molar-refractivity contribution in [2.24, 2.45) is 0 Å². The number of aliphatic carboxylic acids is 1. The summed E-state index contributed by atoms with van der Waals surface area (Å²) in [5.41, 5.74) is -4.56. The Morgan fingerprint density at radius 3 is 2.68 bits per heavy atom. The number of rotatable bonds is 4. The number of carboxylic acids is 1. The van der Waals surface area contributed by atoms with E-state index in [1.54, 1.807) is 0 Å². The van der Waals surface area contributed by atoms with Crippen molar-refractivity contribution in [2.45, 2.75) is 36.9 Å². The summed E-state index contributed by atoms with van der Waals surface area (Å²) in [6.07, 6.45) is -2.33. The average molecular weight is 332 g/mol. The molecule has 0 bridgehead atoms. The number of ether oxygens (including phenoxy) is 1. The van der Waals surface area contributed by atoms with Crippen molar-refractivity contribution in [3.05, 3.63) is 27.4 Å². The molecule has 0 saturated carbocycles. The van der Waals surface area contributed by atoms with Gasteiger partial charge in [0, 0.05) is 12.3 Å². The Labute approximate surface area is 129 Å². The van der Waals surface area contributed by atoms with Crippen LogP contribution < -0.4 is 5.56 Å². The summed E-state index contributed by atoms with van der Waals surface area (Å²) in [6, 6.07) is 1.08. The van der Waals surface area contributed by atoms with Gasteiger partial charge in [-0.05, 0) is 19.1 Å². The zero-order chi connectivity index (χ0) is 16.7. The number of hydrogen-bond acceptors (Lipinski definition) is 7. The molecule has 1 fully saturated rings. The van der Waals surface area contributed by atoms with Gasteiger partial charge >= 0.3 is 5.97 Å². The first-order valence-corrected chi connectivity index (χ1v) is 6.80. The van der Waals surface area contributed by atoms with E-state index in [9.17, 15) is 24.9 Å². The molecule has 2 heterocycles. The summed E-state index contributed by atoms with van der Waals surface area (Å²) in [4.78, 5) is 24.8. The third-order valence-corrected chi connectivity index (χ3v) is 4.15. The molecule has 4 atom stereocenters. The van der Waals surface area contributed by atoms with E-state index in [-0.39, 0.29) is 4.77 Å². The molecule has 0 unspecified atom stereocenters. The van der Waals surface area contributed by atoms with Crippen LogP contribution in [0.3, 0.4) is 0 Å². The van der Waals surface area contributed by atoms with Crippen molar-refractivity contribution in [1.29, 1.82) is 0 Å². The van der Waals surface area contributed by atoms with Gasteiger partial charge in [-0.2, -0.15) is 0 Å². The van der Waals surface area contributed by atoms with Crippen molar-refractivity contribution in [2.75, 3.05) is 6.61 Å². The maximum absolute atomic E-state index is 11.3. The molecule has 2 rings (SSSR count). The number of nitrogens with one attached hydrogen (secondary N) is 1. The van der Waals surface area contributed by atoms with Gasteiger partial charge in [-0.3, -0.25) is 19.1 Å². The highest BCUT2D eigenvalue weighted by Gasteiger charge is 2.64. The maximum atomic E-state index is 11.3. The van der Waals surface area contributed by atoms with Gasteiger partial charge in [0.15, 0.2) is 10.5 Å². The summed E-state index contributed by atoms with van der Waals surface area (Å²) in [6.45, 7) is 0.554. The van der Waals surface area contributed by atoms with Gasteiger partial charge in [0.25, 0.3) is 5.56 Å². The number of nitrogens with zero attached hydrogens (tertiary/aromatic N) is 1. The molecule has 0 aromatic carbocycles. The smallest absolute Gasteiger partial charge is 0.308 e. The topological polar surface area (TPSA) is 145 Å². The van der Waals surface area contributed by atoms with E-state index in [4.69, 9.17) is 22.1 Å². The number of aromatic amines is 1. The highest BCUT2D eigenvalue weighted by atomic mass is 32.1. The highest BCUT2D eigenvalue weighted by Crippen LogP contribution is 2.45. The van der Waals surface area contributed by atoms with Crippen LogP contribution in [0.25, 0.3) is 0 Å². The molecular weight excluding hydrogens is 316 g/mol. The Kier molecular flexibility index (Phi) is 4.24. The first-order chi connectivity index (χ1) is 10.2. The van der Waals surface area contributed by atoms with Crippen molar-refractivity contribution in [1.82, 2.24) is 9.55 Å². The van der Waals surface area contributed by atoms with Crippen LogP contribution in [0, 0.1) is 4.77 Å². The van der Waals surface area contributed by atoms with Crippen LogP contribution in [0.2, 0.25) is 0 Å². The lowest BCUT2D eigenvalue weighted by Gasteiger charge is -2.39. The lowest BCUT2D eigenvalue weighted by Crippen LogP contribution is -2.57. The molecular formula is C12H16N2O7S. The van der Waals surface area contributed by atoms with E-state index in [0.29, 0.717) is 0 Å². The zero-order valence-electron chi connectivity index (χ0n) is 11.6. The van der Waals surface area contributed by atoms with Crippen LogP contribution in [0.5, 0.6) is 0 Å².